The van der Waals surface area contributed by atoms with Crippen LogP contribution in [0.25, 0.3) is 0 Å². The number of guanidine groups is 1. The monoisotopic (exact) mass is 263 g/mol. The van der Waals surface area contributed by atoms with Crippen LogP contribution in [0.1, 0.15) is 16.2 Å². The second-order valence-corrected chi connectivity index (χ2v) is 4.89. The molecule has 0 amide bonds. The maximum atomic E-state index is 5.25. The Morgan fingerprint density at radius 2 is 2.17 bits per heavy atom. The number of rotatable bonds is 4. The molecule has 0 bridgehead atoms. The molecule has 2 aromatic rings. The van der Waals surface area contributed by atoms with Gasteiger partial charge in [0.1, 0.15) is 5.76 Å². The Morgan fingerprint density at radius 1 is 1.33 bits per heavy atom. The molecule has 2 heterocycles. The predicted molar refractivity (Wildman–Crippen MR) is 74.8 cm³/mol. The van der Waals surface area contributed by atoms with Crippen LogP contribution in [-0.4, -0.2) is 13.0 Å². The van der Waals surface area contributed by atoms with Crippen molar-refractivity contribution in [2.24, 2.45) is 4.99 Å². The molecule has 18 heavy (non-hydrogen) atoms. The zero-order valence-corrected chi connectivity index (χ0v) is 11.4. The molecule has 5 heteroatoms. The molecule has 0 fully saturated rings. The molecule has 96 valence electrons. The lowest BCUT2D eigenvalue weighted by Crippen LogP contribution is -2.36. The lowest BCUT2D eigenvalue weighted by molar-refractivity contribution is 0.501. The normalized spacial score (nSPS) is 11.6. The molecule has 0 aliphatic heterocycles. The minimum atomic E-state index is 0.635. The average molecular weight is 263 g/mol. The highest BCUT2D eigenvalue weighted by Gasteiger charge is 2.02. The van der Waals surface area contributed by atoms with Gasteiger partial charge in [0.25, 0.3) is 0 Å². The summed E-state index contributed by atoms with van der Waals surface area (Å²) in [4.78, 5) is 5.50. The Balaban J connectivity index is 1.81. The highest BCUT2D eigenvalue weighted by Crippen LogP contribution is 2.14. The zero-order valence-electron chi connectivity index (χ0n) is 10.6. The molecule has 2 N–H and O–H groups in total. The van der Waals surface area contributed by atoms with Gasteiger partial charge in [0, 0.05) is 11.9 Å². The lowest BCUT2D eigenvalue weighted by Gasteiger charge is -2.10. The van der Waals surface area contributed by atoms with Crippen molar-refractivity contribution in [3.05, 3.63) is 46.0 Å². The Morgan fingerprint density at radius 3 is 2.78 bits per heavy atom. The summed E-state index contributed by atoms with van der Waals surface area (Å²) in [7, 11) is 1.76. The molecule has 2 aromatic heterocycles. The van der Waals surface area contributed by atoms with Crippen molar-refractivity contribution in [1.29, 1.82) is 0 Å². The first-order chi connectivity index (χ1) is 8.79. The summed E-state index contributed by atoms with van der Waals surface area (Å²) in [5, 5.41) is 8.59. The molecular formula is C13H17N3OS. The Kier molecular flexibility index (Phi) is 4.41. The SMILES string of the molecule is CN=C(NCc1ccco1)NCc1sccc1C. The van der Waals surface area contributed by atoms with E-state index in [1.807, 2.05) is 12.1 Å². The Bertz CT molecular complexity index is 502. The van der Waals surface area contributed by atoms with E-state index in [0.29, 0.717) is 6.54 Å². The van der Waals surface area contributed by atoms with Crippen molar-refractivity contribution < 1.29 is 4.42 Å². The summed E-state index contributed by atoms with van der Waals surface area (Å²) in [5.74, 6) is 1.67. The topological polar surface area (TPSA) is 49.6 Å². The molecule has 0 aromatic carbocycles. The van der Waals surface area contributed by atoms with Gasteiger partial charge in [-0.3, -0.25) is 4.99 Å². The molecule has 0 unspecified atom stereocenters. The number of furan rings is 1. The molecule has 0 radical (unpaired) electrons. The van der Waals surface area contributed by atoms with E-state index < -0.39 is 0 Å². The summed E-state index contributed by atoms with van der Waals surface area (Å²) in [6, 6.07) is 5.94. The summed E-state index contributed by atoms with van der Waals surface area (Å²) in [5.41, 5.74) is 1.31. The largest absolute Gasteiger partial charge is 0.467 e. The minimum absolute atomic E-state index is 0.635. The molecule has 0 saturated carbocycles. The van der Waals surface area contributed by atoms with E-state index in [2.05, 4.69) is 34.0 Å². The van der Waals surface area contributed by atoms with Gasteiger partial charge >= 0.3 is 0 Å². The molecule has 0 aliphatic rings. The second-order valence-electron chi connectivity index (χ2n) is 3.89. The van der Waals surface area contributed by atoms with Crippen LogP contribution < -0.4 is 10.6 Å². The van der Waals surface area contributed by atoms with Crippen LogP contribution in [0.3, 0.4) is 0 Å². The van der Waals surface area contributed by atoms with Crippen molar-refractivity contribution in [1.82, 2.24) is 10.6 Å². The third kappa shape index (κ3) is 3.37. The van der Waals surface area contributed by atoms with E-state index in [-0.39, 0.29) is 0 Å². The average Bonchev–Trinajstić information content (AvgIpc) is 3.01. The lowest BCUT2D eigenvalue weighted by atomic mass is 10.3. The van der Waals surface area contributed by atoms with Crippen molar-refractivity contribution in [3.63, 3.8) is 0 Å². The molecule has 0 saturated heterocycles. The highest BCUT2D eigenvalue weighted by atomic mass is 32.1. The van der Waals surface area contributed by atoms with Crippen molar-refractivity contribution >= 4 is 17.3 Å². The van der Waals surface area contributed by atoms with Gasteiger partial charge in [-0.25, -0.2) is 0 Å². The zero-order chi connectivity index (χ0) is 12.8. The van der Waals surface area contributed by atoms with Crippen LogP contribution in [0, 0.1) is 6.92 Å². The fourth-order valence-electron chi connectivity index (χ4n) is 1.55. The Hall–Kier alpha value is -1.75. The molecule has 0 atom stereocenters. The van der Waals surface area contributed by atoms with Gasteiger partial charge in [0.05, 0.1) is 19.4 Å². The second kappa shape index (κ2) is 6.26. The maximum Gasteiger partial charge on any atom is 0.191 e. The number of aryl methyl sites for hydroxylation is 1. The van der Waals surface area contributed by atoms with Crippen LogP contribution in [0.15, 0.2) is 39.3 Å². The van der Waals surface area contributed by atoms with Gasteiger partial charge in [0.15, 0.2) is 5.96 Å². The maximum absolute atomic E-state index is 5.25. The van der Waals surface area contributed by atoms with E-state index >= 15 is 0 Å². The summed E-state index contributed by atoms with van der Waals surface area (Å²) < 4.78 is 5.25. The smallest absolute Gasteiger partial charge is 0.191 e. The minimum Gasteiger partial charge on any atom is -0.467 e. The standard InChI is InChI=1S/C13H17N3OS/c1-10-5-7-18-12(10)9-16-13(14-2)15-8-11-4-3-6-17-11/h3-7H,8-9H2,1-2H3,(H2,14,15,16). The van der Waals surface area contributed by atoms with Gasteiger partial charge in [-0.15, -0.1) is 11.3 Å². The van der Waals surface area contributed by atoms with Crippen molar-refractivity contribution in [2.45, 2.75) is 20.0 Å². The van der Waals surface area contributed by atoms with Gasteiger partial charge < -0.3 is 15.1 Å². The van der Waals surface area contributed by atoms with E-state index in [9.17, 15) is 0 Å². The number of hydrogen-bond acceptors (Lipinski definition) is 3. The van der Waals surface area contributed by atoms with Crippen molar-refractivity contribution in [3.8, 4) is 0 Å². The molecule has 2 rings (SSSR count). The van der Waals surface area contributed by atoms with Crippen molar-refractivity contribution in [2.75, 3.05) is 7.05 Å². The summed E-state index contributed by atoms with van der Waals surface area (Å²) in [6.45, 7) is 3.55. The van der Waals surface area contributed by atoms with Crippen LogP contribution in [0.2, 0.25) is 0 Å². The van der Waals surface area contributed by atoms with Crippen LogP contribution in [0.5, 0.6) is 0 Å². The van der Waals surface area contributed by atoms with Crippen LogP contribution >= 0.6 is 11.3 Å². The number of hydrogen-bond donors (Lipinski definition) is 2. The van der Waals surface area contributed by atoms with E-state index in [4.69, 9.17) is 4.42 Å². The Labute approximate surface area is 111 Å². The van der Waals surface area contributed by atoms with Gasteiger partial charge in [-0.05, 0) is 36.1 Å². The summed E-state index contributed by atoms with van der Waals surface area (Å²) >= 11 is 1.75. The van der Waals surface area contributed by atoms with Crippen LogP contribution in [0.4, 0.5) is 0 Å². The quantitative estimate of drug-likeness (QED) is 0.658. The van der Waals surface area contributed by atoms with Gasteiger partial charge in [0.2, 0.25) is 0 Å². The predicted octanol–water partition coefficient (Wildman–Crippen LogP) is 2.51. The fraction of sp³-hybridized carbons (Fsp3) is 0.308. The first-order valence-electron chi connectivity index (χ1n) is 5.79. The molecule has 0 aliphatic carbocycles. The highest BCUT2D eigenvalue weighted by molar-refractivity contribution is 7.10. The first kappa shape index (κ1) is 12.7. The van der Waals surface area contributed by atoms with Gasteiger partial charge in [-0.2, -0.15) is 0 Å². The molecule has 4 nitrogen and oxygen atoms in total. The number of nitrogens with zero attached hydrogens (tertiary/aromatic N) is 1. The number of aliphatic imine (C=N–C) groups is 1. The van der Waals surface area contributed by atoms with E-state index in [1.165, 1.54) is 10.4 Å². The fourth-order valence-corrected chi connectivity index (χ4v) is 2.40. The first-order valence-corrected chi connectivity index (χ1v) is 6.67. The van der Waals surface area contributed by atoms with E-state index in [1.54, 1.807) is 24.6 Å². The number of thiophene rings is 1. The van der Waals surface area contributed by atoms with Crippen LogP contribution in [-0.2, 0) is 13.1 Å². The number of nitrogens with one attached hydrogen (secondary N) is 2. The molecular weight excluding hydrogens is 246 g/mol. The molecule has 0 spiro atoms. The third-order valence-corrected chi connectivity index (χ3v) is 3.64. The van der Waals surface area contributed by atoms with Gasteiger partial charge in [-0.1, -0.05) is 0 Å². The third-order valence-electron chi connectivity index (χ3n) is 2.62. The van der Waals surface area contributed by atoms with E-state index in [0.717, 1.165) is 18.3 Å². The summed E-state index contributed by atoms with van der Waals surface area (Å²) in [6.07, 6.45) is 1.67.